The van der Waals surface area contributed by atoms with Crippen LogP contribution in [0.5, 0.6) is 0 Å². The van der Waals surface area contributed by atoms with Crippen molar-refractivity contribution in [3.8, 4) is 0 Å². The van der Waals surface area contributed by atoms with Crippen LogP contribution >= 0.6 is 0 Å². The molecule has 2 heterocycles. The molecular formula is C46H84O14. The van der Waals surface area contributed by atoms with E-state index in [-0.39, 0.29) is 19.6 Å². The van der Waals surface area contributed by atoms with Gasteiger partial charge in [-0.25, -0.2) is 0 Å². The summed E-state index contributed by atoms with van der Waals surface area (Å²) < 4.78 is 34.1. The average molecular weight is 861 g/mol. The molecule has 2 saturated heterocycles. The zero-order valence-electron chi connectivity index (χ0n) is 36.9. The van der Waals surface area contributed by atoms with Crippen molar-refractivity contribution in [3.05, 3.63) is 24.3 Å². The number of unbranched alkanes of at least 4 members (excludes halogenated alkanes) is 18. The summed E-state index contributed by atoms with van der Waals surface area (Å²) in [5, 5.41) is 71.9. The summed E-state index contributed by atoms with van der Waals surface area (Å²) in [4.78, 5) is 12.9. The van der Waals surface area contributed by atoms with Crippen LogP contribution in [-0.4, -0.2) is 142 Å². The van der Waals surface area contributed by atoms with Crippen molar-refractivity contribution in [2.24, 2.45) is 0 Å². The Balaban J connectivity index is 1.81. The SMILES string of the molecule is CCC/C=C\C/C=C\CCCCCCCC(=O)OC(COCCCCCCCCCCCCCCC)COC1OC(COC2OC(CO)C(O)C(O)C2O)C(O)C(O)C1O. The lowest BCUT2D eigenvalue weighted by molar-refractivity contribution is -0.332. The molecule has 0 aliphatic carbocycles. The lowest BCUT2D eigenvalue weighted by Crippen LogP contribution is -2.61. The third-order valence-electron chi connectivity index (χ3n) is 11.2. The first kappa shape index (κ1) is 54.6. The molecule has 2 aliphatic heterocycles. The van der Waals surface area contributed by atoms with Gasteiger partial charge in [0.05, 0.1) is 26.4 Å². The molecule has 0 saturated carbocycles. The van der Waals surface area contributed by atoms with Crippen molar-refractivity contribution < 1.29 is 69.0 Å². The lowest BCUT2D eigenvalue weighted by Gasteiger charge is -2.42. The predicted molar refractivity (Wildman–Crippen MR) is 229 cm³/mol. The minimum atomic E-state index is -1.70. The molecule has 2 fully saturated rings. The zero-order chi connectivity index (χ0) is 43.8. The smallest absolute Gasteiger partial charge is 0.306 e. The Morgan fingerprint density at radius 2 is 1.07 bits per heavy atom. The van der Waals surface area contributed by atoms with Gasteiger partial charge in [0.15, 0.2) is 12.6 Å². The Bertz CT molecular complexity index is 1090. The number of hydrogen-bond donors (Lipinski definition) is 7. The summed E-state index contributed by atoms with van der Waals surface area (Å²) in [6.07, 6.45) is 18.1. The van der Waals surface area contributed by atoms with E-state index in [0.717, 1.165) is 64.2 Å². The minimum absolute atomic E-state index is 0.0591. The Morgan fingerprint density at radius 1 is 0.550 bits per heavy atom. The quantitative estimate of drug-likeness (QED) is 0.0230. The van der Waals surface area contributed by atoms with Gasteiger partial charge < -0.3 is 64.2 Å². The van der Waals surface area contributed by atoms with Crippen LogP contribution in [0.3, 0.4) is 0 Å². The molecule has 11 atom stereocenters. The molecule has 352 valence electrons. The molecule has 0 spiro atoms. The number of esters is 1. The van der Waals surface area contributed by atoms with Gasteiger partial charge in [-0.2, -0.15) is 0 Å². The summed E-state index contributed by atoms with van der Waals surface area (Å²) in [7, 11) is 0. The Hall–Kier alpha value is -1.53. The first-order valence-corrected chi connectivity index (χ1v) is 23.4. The van der Waals surface area contributed by atoms with E-state index in [9.17, 15) is 40.5 Å². The molecule has 11 unspecified atom stereocenters. The molecule has 0 amide bonds. The number of ether oxygens (including phenoxy) is 6. The van der Waals surface area contributed by atoms with E-state index in [1.807, 2.05) is 0 Å². The molecule has 14 nitrogen and oxygen atoms in total. The summed E-state index contributed by atoms with van der Waals surface area (Å²) in [5.74, 6) is -0.390. The highest BCUT2D eigenvalue weighted by Crippen LogP contribution is 2.26. The van der Waals surface area contributed by atoms with Gasteiger partial charge in [-0.05, 0) is 38.5 Å². The predicted octanol–water partition coefficient (Wildman–Crippen LogP) is 5.68. The molecule has 0 aromatic rings. The van der Waals surface area contributed by atoms with Crippen LogP contribution in [-0.2, 0) is 33.2 Å². The Morgan fingerprint density at radius 3 is 1.67 bits per heavy atom. The highest BCUT2D eigenvalue weighted by Gasteiger charge is 2.47. The summed E-state index contributed by atoms with van der Waals surface area (Å²) in [6, 6.07) is 0. The Labute approximate surface area is 360 Å². The van der Waals surface area contributed by atoms with Gasteiger partial charge in [0.1, 0.15) is 54.9 Å². The van der Waals surface area contributed by atoms with E-state index >= 15 is 0 Å². The first-order chi connectivity index (χ1) is 29.1. The van der Waals surface area contributed by atoms with Gasteiger partial charge in [0.2, 0.25) is 0 Å². The normalized spacial score (nSPS) is 27.9. The van der Waals surface area contributed by atoms with E-state index in [1.54, 1.807) is 0 Å². The van der Waals surface area contributed by atoms with Crippen LogP contribution in [0.1, 0.15) is 162 Å². The zero-order valence-corrected chi connectivity index (χ0v) is 36.9. The van der Waals surface area contributed by atoms with Crippen molar-refractivity contribution in [1.29, 1.82) is 0 Å². The van der Waals surface area contributed by atoms with E-state index in [0.29, 0.717) is 13.0 Å². The average Bonchev–Trinajstić information content (AvgIpc) is 3.24. The fourth-order valence-electron chi connectivity index (χ4n) is 7.32. The van der Waals surface area contributed by atoms with Crippen molar-refractivity contribution in [3.63, 3.8) is 0 Å². The van der Waals surface area contributed by atoms with Gasteiger partial charge in [0.25, 0.3) is 0 Å². The Kier molecular flexibility index (Phi) is 31.8. The maximum atomic E-state index is 12.9. The number of aliphatic hydroxyl groups excluding tert-OH is 7. The third-order valence-corrected chi connectivity index (χ3v) is 11.2. The molecule has 0 aromatic carbocycles. The second-order valence-corrected chi connectivity index (χ2v) is 16.6. The minimum Gasteiger partial charge on any atom is -0.457 e. The molecule has 0 aromatic heterocycles. The third kappa shape index (κ3) is 23.2. The number of aliphatic hydroxyl groups is 7. The number of carbonyl (C=O) groups is 1. The summed E-state index contributed by atoms with van der Waals surface area (Å²) in [6.45, 7) is 3.60. The number of allylic oxidation sites excluding steroid dienone is 4. The van der Waals surface area contributed by atoms with Gasteiger partial charge in [-0.15, -0.1) is 0 Å². The van der Waals surface area contributed by atoms with Crippen molar-refractivity contribution in [2.45, 2.75) is 229 Å². The molecule has 2 rings (SSSR count). The van der Waals surface area contributed by atoms with Gasteiger partial charge in [0, 0.05) is 13.0 Å². The van der Waals surface area contributed by atoms with Crippen molar-refractivity contribution in [2.75, 3.05) is 33.0 Å². The molecule has 7 N–H and O–H groups in total. The maximum absolute atomic E-state index is 12.9. The highest BCUT2D eigenvalue weighted by molar-refractivity contribution is 5.69. The van der Waals surface area contributed by atoms with Crippen LogP contribution in [0.2, 0.25) is 0 Å². The fourth-order valence-corrected chi connectivity index (χ4v) is 7.32. The van der Waals surface area contributed by atoms with E-state index in [4.69, 9.17) is 28.4 Å². The van der Waals surface area contributed by atoms with E-state index in [2.05, 4.69) is 38.2 Å². The molecule has 0 bridgehead atoms. The second kappa shape index (κ2) is 34.9. The number of rotatable bonds is 36. The second-order valence-electron chi connectivity index (χ2n) is 16.6. The monoisotopic (exact) mass is 861 g/mol. The summed E-state index contributed by atoms with van der Waals surface area (Å²) in [5.41, 5.74) is 0. The van der Waals surface area contributed by atoms with Gasteiger partial charge >= 0.3 is 5.97 Å². The van der Waals surface area contributed by atoms with Crippen LogP contribution in [0.25, 0.3) is 0 Å². The largest absolute Gasteiger partial charge is 0.457 e. The lowest BCUT2D eigenvalue weighted by atomic mass is 9.98. The topological polar surface area (TPSA) is 214 Å². The highest BCUT2D eigenvalue weighted by atomic mass is 16.7. The van der Waals surface area contributed by atoms with Crippen molar-refractivity contribution >= 4 is 5.97 Å². The number of hydrogen-bond acceptors (Lipinski definition) is 14. The van der Waals surface area contributed by atoms with Gasteiger partial charge in [-0.3, -0.25) is 4.79 Å². The van der Waals surface area contributed by atoms with Crippen LogP contribution < -0.4 is 0 Å². The maximum Gasteiger partial charge on any atom is 0.306 e. The number of carbonyl (C=O) groups excluding carboxylic acids is 1. The molecule has 2 aliphatic rings. The summed E-state index contributed by atoms with van der Waals surface area (Å²) >= 11 is 0. The van der Waals surface area contributed by atoms with Crippen LogP contribution in [0, 0.1) is 0 Å². The van der Waals surface area contributed by atoms with E-state index < -0.39 is 86.7 Å². The molecule has 14 heteroatoms. The van der Waals surface area contributed by atoms with Crippen molar-refractivity contribution in [1.82, 2.24) is 0 Å². The fraction of sp³-hybridized carbons (Fsp3) is 0.891. The molecular weight excluding hydrogens is 776 g/mol. The van der Waals surface area contributed by atoms with Crippen LogP contribution in [0.15, 0.2) is 24.3 Å². The standard InChI is InChI=1S/C46H84O14/c1-3-5-7-9-11-13-15-17-19-21-23-25-27-29-38(48)58-35(32-55-30-28-26-24-22-20-18-16-14-12-10-8-6-4-2)33-56-45-44(54)42(52)40(50)37(60-45)34-57-46-43(53)41(51)39(49)36(31-47)59-46/h7,9,13,15,35-37,39-47,49-54H,3-6,8,10-12,14,16-34H2,1-2H3/b9-7-,15-13-. The first-order valence-electron chi connectivity index (χ1n) is 23.4. The van der Waals surface area contributed by atoms with E-state index in [1.165, 1.54) is 70.6 Å². The van der Waals surface area contributed by atoms with Crippen LogP contribution in [0.4, 0.5) is 0 Å². The molecule has 0 radical (unpaired) electrons. The van der Waals surface area contributed by atoms with Gasteiger partial charge in [-0.1, -0.05) is 141 Å². The molecule has 60 heavy (non-hydrogen) atoms.